The van der Waals surface area contributed by atoms with Crippen LogP contribution in [0.25, 0.3) is 0 Å². The summed E-state index contributed by atoms with van der Waals surface area (Å²) in [6, 6.07) is 6.09. The summed E-state index contributed by atoms with van der Waals surface area (Å²) >= 11 is 0. The standard InChI is InChI=1S/C18H24N2O3/c1-18(2,3)16-10-19-17(23-16)12-20(4)11-13-5-6-14-15(9-13)22-8-7-21-14/h5-6,9-10H,7-8,11-12H2,1-4H3. The highest BCUT2D eigenvalue weighted by Crippen LogP contribution is 2.31. The normalized spacial score (nSPS) is 14.3. The first kappa shape index (κ1) is 15.9. The Kier molecular flexibility index (Phi) is 4.31. The van der Waals surface area contributed by atoms with E-state index >= 15 is 0 Å². The summed E-state index contributed by atoms with van der Waals surface area (Å²) in [4.78, 5) is 6.55. The molecule has 23 heavy (non-hydrogen) atoms. The van der Waals surface area contributed by atoms with Crippen LogP contribution in [-0.4, -0.2) is 30.1 Å². The lowest BCUT2D eigenvalue weighted by Crippen LogP contribution is -2.19. The minimum Gasteiger partial charge on any atom is -0.486 e. The molecule has 0 saturated carbocycles. The maximum absolute atomic E-state index is 5.85. The minimum absolute atomic E-state index is 0.0142. The molecule has 0 atom stereocenters. The summed E-state index contributed by atoms with van der Waals surface area (Å²) in [5.41, 5.74) is 1.17. The lowest BCUT2D eigenvalue weighted by atomic mass is 9.94. The third-order valence-electron chi connectivity index (χ3n) is 3.76. The van der Waals surface area contributed by atoms with E-state index in [2.05, 4.69) is 43.8 Å². The van der Waals surface area contributed by atoms with E-state index in [9.17, 15) is 0 Å². The highest BCUT2D eigenvalue weighted by Gasteiger charge is 2.19. The fourth-order valence-electron chi connectivity index (χ4n) is 2.51. The van der Waals surface area contributed by atoms with E-state index in [1.54, 1.807) is 0 Å². The molecule has 1 aliphatic heterocycles. The van der Waals surface area contributed by atoms with Gasteiger partial charge >= 0.3 is 0 Å². The third kappa shape index (κ3) is 3.85. The Hall–Kier alpha value is -2.01. The van der Waals surface area contributed by atoms with Crippen molar-refractivity contribution in [2.75, 3.05) is 20.3 Å². The first-order valence-corrected chi connectivity index (χ1v) is 7.94. The fourth-order valence-corrected chi connectivity index (χ4v) is 2.51. The van der Waals surface area contributed by atoms with Crippen LogP contribution in [0.1, 0.15) is 38.0 Å². The molecule has 3 rings (SSSR count). The first-order valence-electron chi connectivity index (χ1n) is 7.94. The number of rotatable bonds is 4. The highest BCUT2D eigenvalue weighted by atomic mass is 16.6. The van der Waals surface area contributed by atoms with Crippen LogP contribution in [0.4, 0.5) is 0 Å². The molecule has 0 fully saturated rings. The van der Waals surface area contributed by atoms with Crippen LogP contribution in [0.15, 0.2) is 28.8 Å². The van der Waals surface area contributed by atoms with Crippen molar-refractivity contribution in [2.24, 2.45) is 0 Å². The maximum atomic E-state index is 5.85. The van der Waals surface area contributed by atoms with E-state index in [0.29, 0.717) is 19.8 Å². The monoisotopic (exact) mass is 316 g/mol. The Morgan fingerprint density at radius 2 is 1.83 bits per heavy atom. The molecule has 1 aromatic heterocycles. The molecule has 2 aromatic rings. The van der Waals surface area contributed by atoms with Crippen molar-refractivity contribution in [2.45, 2.75) is 39.3 Å². The van der Waals surface area contributed by atoms with Gasteiger partial charge in [-0.15, -0.1) is 0 Å². The van der Waals surface area contributed by atoms with E-state index in [0.717, 1.165) is 29.7 Å². The molecule has 5 heteroatoms. The van der Waals surface area contributed by atoms with Gasteiger partial charge < -0.3 is 13.9 Å². The molecular formula is C18H24N2O3. The van der Waals surface area contributed by atoms with Gasteiger partial charge in [0.2, 0.25) is 5.89 Å². The second-order valence-corrected chi connectivity index (χ2v) is 7.02. The summed E-state index contributed by atoms with van der Waals surface area (Å²) in [7, 11) is 2.05. The van der Waals surface area contributed by atoms with Gasteiger partial charge in [0, 0.05) is 12.0 Å². The van der Waals surface area contributed by atoms with Crippen LogP contribution >= 0.6 is 0 Å². The molecule has 0 bridgehead atoms. The maximum Gasteiger partial charge on any atom is 0.208 e. The van der Waals surface area contributed by atoms with Gasteiger partial charge in [-0.3, -0.25) is 4.90 Å². The lowest BCUT2D eigenvalue weighted by Gasteiger charge is -2.20. The molecule has 0 amide bonds. The molecule has 1 aromatic carbocycles. The van der Waals surface area contributed by atoms with Crippen molar-refractivity contribution < 1.29 is 13.9 Å². The number of ether oxygens (including phenoxy) is 2. The molecule has 0 spiro atoms. The first-order chi connectivity index (χ1) is 10.9. The van der Waals surface area contributed by atoms with Crippen molar-refractivity contribution in [3.8, 4) is 11.5 Å². The van der Waals surface area contributed by atoms with Gasteiger partial charge in [-0.2, -0.15) is 0 Å². The zero-order chi connectivity index (χ0) is 16.4. The van der Waals surface area contributed by atoms with Gasteiger partial charge in [0.25, 0.3) is 0 Å². The molecule has 1 aliphatic rings. The Morgan fingerprint density at radius 1 is 1.09 bits per heavy atom. The number of aromatic nitrogens is 1. The second-order valence-electron chi connectivity index (χ2n) is 7.02. The number of fused-ring (bicyclic) bond motifs is 1. The number of hydrogen-bond donors (Lipinski definition) is 0. The van der Waals surface area contributed by atoms with E-state index in [4.69, 9.17) is 13.9 Å². The van der Waals surface area contributed by atoms with Crippen molar-refractivity contribution in [1.29, 1.82) is 0 Å². The Balaban J connectivity index is 1.63. The quantitative estimate of drug-likeness (QED) is 0.865. The van der Waals surface area contributed by atoms with Crippen LogP contribution in [-0.2, 0) is 18.5 Å². The third-order valence-corrected chi connectivity index (χ3v) is 3.76. The Labute approximate surface area is 137 Å². The van der Waals surface area contributed by atoms with E-state index in [-0.39, 0.29) is 5.41 Å². The average molecular weight is 316 g/mol. The second kappa shape index (κ2) is 6.24. The molecule has 2 heterocycles. The van der Waals surface area contributed by atoms with Gasteiger partial charge in [-0.25, -0.2) is 4.98 Å². The lowest BCUT2D eigenvalue weighted by molar-refractivity contribution is 0.171. The number of hydrogen-bond acceptors (Lipinski definition) is 5. The van der Waals surface area contributed by atoms with Gasteiger partial charge in [0.05, 0.1) is 12.7 Å². The zero-order valence-electron chi connectivity index (χ0n) is 14.3. The van der Waals surface area contributed by atoms with Gasteiger partial charge in [-0.05, 0) is 24.7 Å². The van der Waals surface area contributed by atoms with Crippen molar-refractivity contribution in [3.63, 3.8) is 0 Å². The molecule has 5 nitrogen and oxygen atoms in total. The van der Waals surface area contributed by atoms with Crippen LogP contribution in [0.3, 0.4) is 0 Å². The van der Waals surface area contributed by atoms with Crippen LogP contribution in [0.2, 0.25) is 0 Å². The van der Waals surface area contributed by atoms with Gasteiger partial charge in [0.1, 0.15) is 19.0 Å². The summed E-state index contributed by atoms with van der Waals surface area (Å²) < 4.78 is 17.0. The average Bonchev–Trinajstić information content (AvgIpc) is 2.95. The predicted octanol–water partition coefficient (Wildman–Crippen LogP) is 3.38. The molecular weight excluding hydrogens is 292 g/mol. The van der Waals surface area contributed by atoms with Crippen LogP contribution in [0, 0.1) is 0 Å². The Bertz CT molecular complexity index is 673. The summed E-state index contributed by atoms with van der Waals surface area (Å²) in [6.07, 6.45) is 1.83. The summed E-state index contributed by atoms with van der Waals surface area (Å²) in [6.45, 7) is 9.06. The van der Waals surface area contributed by atoms with E-state index in [1.165, 1.54) is 5.56 Å². The van der Waals surface area contributed by atoms with E-state index < -0.39 is 0 Å². The van der Waals surface area contributed by atoms with Gasteiger partial charge in [-0.1, -0.05) is 26.8 Å². The van der Waals surface area contributed by atoms with Crippen LogP contribution in [0.5, 0.6) is 11.5 Å². The van der Waals surface area contributed by atoms with Crippen molar-refractivity contribution in [3.05, 3.63) is 41.6 Å². The van der Waals surface area contributed by atoms with Gasteiger partial charge in [0.15, 0.2) is 11.5 Å². The van der Waals surface area contributed by atoms with E-state index in [1.807, 2.05) is 18.3 Å². The highest BCUT2D eigenvalue weighted by molar-refractivity contribution is 5.43. The topological polar surface area (TPSA) is 47.7 Å². The minimum atomic E-state index is -0.0142. The summed E-state index contributed by atoms with van der Waals surface area (Å²) in [5.74, 6) is 3.31. The molecule has 0 aliphatic carbocycles. The number of nitrogens with zero attached hydrogens (tertiary/aromatic N) is 2. The Morgan fingerprint density at radius 3 is 2.52 bits per heavy atom. The molecule has 0 radical (unpaired) electrons. The van der Waals surface area contributed by atoms with Crippen molar-refractivity contribution in [1.82, 2.24) is 9.88 Å². The largest absolute Gasteiger partial charge is 0.486 e. The van der Waals surface area contributed by atoms with Crippen LogP contribution < -0.4 is 9.47 Å². The zero-order valence-corrected chi connectivity index (χ0v) is 14.3. The molecule has 124 valence electrons. The fraction of sp³-hybridized carbons (Fsp3) is 0.500. The molecule has 0 saturated heterocycles. The summed E-state index contributed by atoms with van der Waals surface area (Å²) in [5, 5.41) is 0. The van der Waals surface area contributed by atoms with Crippen molar-refractivity contribution >= 4 is 0 Å². The number of benzene rings is 1. The number of oxazole rings is 1. The SMILES string of the molecule is CN(Cc1ccc2c(c1)OCCO2)Cc1ncc(C(C)(C)C)o1. The smallest absolute Gasteiger partial charge is 0.208 e. The molecule has 0 N–H and O–H groups in total. The predicted molar refractivity (Wildman–Crippen MR) is 87.8 cm³/mol. The molecule has 0 unspecified atom stereocenters.